The highest BCUT2D eigenvalue weighted by molar-refractivity contribution is 7.10. The van der Waals surface area contributed by atoms with Crippen LogP contribution < -0.4 is 10.6 Å². The molecule has 1 heterocycles. The molecule has 2 N–H and O–H groups in total. The molecule has 0 spiro atoms. The van der Waals surface area contributed by atoms with E-state index in [9.17, 15) is 4.79 Å². The van der Waals surface area contributed by atoms with E-state index in [1.54, 1.807) is 11.3 Å². The highest BCUT2D eigenvalue weighted by atomic mass is 32.1. The van der Waals surface area contributed by atoms with Gasteiger partial charge in [-0.3, -0.25) is 5.32 Å². The molecule has 0 aliphatic carbocycles. The van der Waals surface area contributed by atoms with Gasteiger partial charge in [0, 0.05) is 16.3 Å². The summed E-state index contributed by atoms with van der Waals surface area (Å²) in [5.74, 6) is 0.483. The first-order valence-corrected chi connectivity index (χ1v) is 7.73. The summed E-state index contributed by atoms with van der Waals surface area (Å²) >= 11 is 1.76. The van der Waals surface area contributed by atoms with Crippen LogP contribution in [-0.2, 0) is 4.74 Å². The van der Waals surface area contributed by atoms with Crippen molar-refractivity contribution in [3.63, 3.8) is 0 Å². The lowest BCUT2D eigenvalue weighted by molar-refractivity contribution is 0.187. The summed E-state index contributed by atoms with van der Waals surface area (Å²) in [4.78, 5) is 12.5. The number of thiophene rings is 1. The normalized spacial score (nSPS) is 12.0. The van der Waals surface area contributed by atoms with Gasteiger partial charge in [0.25, 0.3) is 0 Å². The number of rotatable bonds is 5. The van der Waals surface area contributed by atoms with E-state index in [2.05, 4.69) is 46.7 Å². The lowest BCUT2D eigenvalue weighted by Gasteiger charge is -2.22. The molecule has 112 valence electrons. The molecule has 0 fully saturated rings. The van der Waals surface area contributed by atoms with E-state index in [0.717, 1.165) is 5.69 Å². The van der Waals surface area contributed by atoms with Crippen LogP contribution in [0.4, 0.5) is 16.2 Å². The lowest BCUT2D eigenvalue weighted by atomic mass is 10.0. The van der Waals surface area contributed by atoms with Crippen LogP contribution in [0.2, 0.25) is 0 Å². The number of hydrogen-bond acceptors (Lipinski definition) is 4. The van der Waals surface area contributed by atoms with Gasteiger partial charge in [-0.15, -0.1) is 11.3 Å². The third-order valence-electron chi connectivity index (χ3n) is 3.16. The van der Waals surface area contributed by atoms with Crippen molar-refractivity contribution < 1.29 is 9.53 Å². The molecule has 0 saturated heterocycles. The zero-order valence-corrected chi connectivity index (χ0v) is 13.2. The van der Waals surface area contributed by atoms with Gasteiger partial charge in [0.05, 0.1) is 13.2 Å². The van der Waals surface area contributed by atoms with Crippen molar-refractivity contribution in [2.24, 2.45) is 5.92 Å². The SMILES string of the molecule is COC(=O)Nc1ccc(NC(c2cccs2)C(C)C)cc1. The first kappa shape index (κ1) is 15.4. The summed E-state index contributed by atoms with van der Waals surface area (Å²) in [6, 6.07) is 12.1. The fourth-order valence-corrected chi connectivity index (χ4v) is 2.98. The molecule has 0 saturated carbocycles. The molecule has 0 radical (unpaired) electrons. The van der Waals surface area contributed by atoms with E-state index in [1.165, 1.54) is 12.0 Å². The second kappa shape index (κ2) is 7.13. The number of ether oxygens (including phenoxy) is 1. The molecule has 0 aliphatic heterocycles. The van der Waals surface area contributed by atoms with Crippen LogP contribution in [-0.4, -0.2) is 13.2 Å². The second-order valence-electron chi connectivity index (χ2n) is 5.08. The quantitative estimate of drug-likeness (QED) is 0.839. The Morgan fingerprint density at radius 2 is 1.81 bits per heavy atom. The Kier molecular flexibility index (Phi) is 5.22. The molecule has 0 bridgehead atoms. The van der Waals surface area contributed by atoms with Gasteiger partial charge in [0.15, 0.2) is 0 Å². The third-order valence-corrected chi connectivity index (χ3v) is 4.11. The molecule has 1 unspecified atom stereocenters. The summed E-state index contributed by atoms with van der Waals surface area (Å²) in [5.41, 5.74) is 1.74. The van der Waals surface area contributed by atoms with E-state index in [0.29, 0.717) is 11.6 Å². The third kappa shape index (κ3) is 4.23. The topological polar surface area (TPSA) is 50.4 Å². The highest BCUT2D eigenvalue weighted by Gasteiger charge is 2.16. The fraction of sp³-hybridized carbons (Fsp3) is 0.312. The molecular formula is C16H20N2O2S. The molecule has 1 atom stereocenters. The van der Waals surface area contributed by atoms with Gasteiger partial charge in [-0.2, -0.15) is 0 Å². The number of amides is 1. The lowest BCUT2D eigenvalue weighted by Crippen LogP contribution is -2.15. The van der Waals surface area contributed by atoms with Gasteiger partial charge in [-0.25, -0.2) is 4.79 Å². The maximum Gasteiger partial charge on any atom is 0.411 e. The van der Waals surface area contributed by atoms with Crippen molar-refractivity contribution >= 4 is 28.8 Å². The zero-order valence-electron chi connectivity index (χ0n) is 12.4. The molecule has 1 aromatic heterocycles. The highest BCUT2D eigenvalue weighted by Crippen LogP contribution is 2.30. The van der Waals surface area contributed by atoms with Crippen molar-refractivity contribution in [2.45, 2.75) is 19.9 Å². The molecular weight excluding hydrogens is 284 g/mol. The van der Waals surface area contributed by atoms with Crippen LogP contribution in [0.15, 0.2) is 41.8 Å². The number of anilines is 2. The van der Waals surface area contributed by atoms with Gasteiger partial charge < -0.3 is 10.1 Å². The minimum Gasteiger partial charge on any atom is -0.453 e. The molecule has 2 rings (SSSR count). The number of hydrogen-bond donors (Lipinski definition) is 2. The van der Waals surface area contributed by atoms with Crippen molar-refractivity contribution in [3.05, 3.63) is 46.7 Å². The Morgan fingerprint density at radius 1 is 1.14 bits per heavy atom. The smallest absolute Gasteiger partial charge is 0.411 e. The van der Waals surface area contributed by atoms with Crippen LogP contribution in [0, 0.1) is 5.92 Å². The Balaban J connectivity index is 2.06. The van der Waals surface area contributed by atoms with Crippen LogP contribution in [0.3, 0.4) is 0 Å². The van der Waals surface area contributed by atoms with Gasteiger partial charge in [0.1, 0.15) is 0 Å². The van der Waals surface area contributed by atoms with Crippen LogP contribution in [0.25, 0.3) is 0 Å². The van der Waals surface area contributed by atoms with Gasteiger partial charge in [-0.1, -0.05) is 19.9 Å². The summed E-state index contributed by atoms with van der Waals surface area (Å²) in [6.07, 6.45) is -0.464. The molecule has 21 heavy (non-hydrogen) atoms. The number of carbonyl (C=O) groups is 1. The summed E-state index contributed by atoms with van der Waals surface area (Å²) in [7, 11) is 1.35. The van der Waals surface area contributed by atoms with Crippen LogP contribution in [0.5, 0.6) is 0 Å². The Bertz CT molecular complexity index is 564. The summed E-state index contributed by atoms with van der Waals surface area (Å²) < 4.78 is 4.57. The monoisotopic (exact) mass is 304 g/mol. The average Bonchev–Trinajstić information content (AvgIpc) is 2.99. The molecule has 1 amide bonds. The molecule has 1 aromatic carbocycles. The first-order valence-electron chi connectivity index (χ1n) is 6.85. The number of nitrogens with one attached hydrogen (secondary N) is 2. The minimum atomic E-state index is -0.464. The van der Waals surface area contributed by atoms with E-state index >= 15 is 0 Å². The maximum absolute atomic E-state index is 11.1. The second-order valence-corrected chi connectivity index (χ2v) is 6.05. The zero-order chi connectivity index (χ0) is 15.2. The number of methoxy groups -OCH3 is 1. The number of benzene rings is 1. The van der Waals surface area contributed by atoms with Crippen molar-refractivity contribution in [1.82, 2.24) is 0 Å². The standard InChI is InChI=1S/C16H20N2O2S/c1-11(2)15(14-5-4-10-21-14)17-12-6-8-13(9-7-12)18-16(19)20-3/h4-11,15,17H,1-3H3,(H,18,19). The predicted molar refractivity (Wildman–Crippen MR) is 88.0 cm³/mol. The van der Waals surface area contributed by atoms with Crippen molar-refractivity contribution in [1.29, 1.82) is 0 Å². The van der Waals surface area contributed by atoms with Gasteiger partial charge in [0.2, 0.25) is 0 Å². The van der Waals surface area contributed by atoms with E-state index in [-0.39, 0.29) is 6.04 Å². The van der Waals surface area contributed by atoms with Crippen molar-refractivity contribution in [2.75, 3.05) is 17.7 Å². The Morgan fingerprint density at radius 3 is 2.33 bits per heavy atom. The molecule has 4 nitrogen and oxygen atoms in total. The van der Waals surface area contributed by atoms with Gasteiger partial charge in [-0.05, 0) is 41.6 Å². The largest absolute Gasteiger partial charge is 0.453 e. The summed E-state index contributed by atoms with van der Waals surface area (Å²) in [6.45, 7) is 4.40. The fourth-order valence-electron chi connectivity index (χ4n) is 2.03. The molecule has 0 aliphatic rings. The minimum absolute atomic E-state index is 0.282. The molecule has 5 heteroatoms. The van der Waals surface area contributed by atoms with Crippen LogP contribution in [0.1, 0.15) is 24.8 Å². The molecule has 2 aromatic rings. The van der Waals surface area contributed by atoms with E-state index in [1.807, 2.05) is 24.3 Å². The van der Waals surface area contributed by atoms with Crippen molar-refractivity contribution in [3.8, 4) is 0 Å². The van der Waals surface area contributed by atoms with E-state index < -0.39 is 6.09 Å². The average molecular weight is 304 g/mol. The summed E-state index contributed by atoms with van der Waals surface area (Å²) in [5, 5.41) is 8.27. The van der Waals surface area contributed by atoms with Gasteiger partial charge >= 0.3 is 6.09 Å². The van der Waals surface area contributed by atoms with E-state index in [4.69, 9.17) is 0 Å². The Labute approximate surface area is 129 Å². The number of carbonyl (C=O) groups excluding carboxylic acids is 1. The predicted octanol–water partition coefficient (Wildman–Crippen LogP) is 4.74. The van der Waals surface area contributed by atoms with Crippen LogP contribution >= 0.6 is 11.3 Å². The Hall–Kier alpha value is -2.01. The first-order chi connectivity index (χ1) is 10.1. The maximum atomic E-state index is 11.1.